The average Bonchev–Trinajstić information content (AvgIpc) is 2.85. The summed E-state index contributed by atoms with van der Waals surface area (Å²) in [5, 5.41) is 9.46. The molecule has 1 unspecified atom stereocenters. The second-order valence-corrected chi connectivity index (χ2v) is 5.94. The highest BCUT2D eigenvalue weighted by Gasteiger charge is 2.63. The molecule has 142 valence electrons. The number of halogens is 2. The Kier molecular flexibility index (Phi) is 5.20. The van der Waals surface area contributed by atoms with Crippen LogP contribution in [-0.2, 0) is 14.2 Å². The van der Waals surface area contributed by atoms with Crippen LogP contribution in [0.3, 0.4) is 0 Å². The molecule has 27 heavy (non-hydrogen) atoms. The Hall–Kier alpha value is -2.84. The third kappa shape index (κ3) is 3.81. The molecule has 1 saturated heterocycles. The highest BCUT2D eigenvalue weighted by atomic mass is 19.3. The first-order chi connectivity index (χ1) is 12.8. The minimum absolute atomic E-state index is 0.0265. The van der Waals surface area contributed by atoms with E-state index < -0.39 is 36.5 Å². The largest absolute Gasteiger partial charge is 0.445 e. The number of ether oxygens (including phenoxy) is 3. The lowest BCUT2D eigenvalue weighted by atomic mass is 10.1. The molecule has 6 nitrogen and oxygen atoms in total. The summed E-state index contributed by atoms with van der Waals surface area (Å²) in [5.74, 6) is -5.96. The van der Waals surface area contributed by atoms with Crippen LogP contribution in [0.1, 0.15) is 26.3 Å². The Balaban J connectivity index is 1.80. The van der Waals surface area contributed by atoms with E-state index in [-0.39, 0.29) is 11.1 Å². The standard InChI is InChI=1S/C19H16F2O6/c1-11-7-5-6-10-13(11)16(23)26-17-14(19(20,21)18(24)27-17)25-15(22)12-8-3-2-4-9-12/h2-10,14,17-18,24H,1H3/t14-,17+,18?/m1/s1. The maximum Gasteiger partial charge on any atom is 0.340 e. The molecule has 1 N–H and O–H groups in total. The van der Waals surface area contributed by atoms with Crippen LogP contribution in [0.2, 0.25) is 0 Å². The average molecular weight is 378 g/mol. The molecule has 0 spiro atoms. The monoisotopic (exact) mass is 378 g/mol. The Morgan fingerprint density at radius 2 is 1.63 bits per heavy atom. The van der Waals surface area contributed by atoms with Crippen LogP contribution in [0.4, 0.5) is 8.78 Å². The lowest BCUT2D eigenvalue weighted by molar-refractivity contribution is -0.210. The molecule has 0 saturated carbocycles. The predicted molar refractivity (Wildman–Crippen MR) is 88.1 cm³/mol. The summed E-state index contributed by atoms with van der Waals surface area (Å²) < 4.78 is 42.8. The van der Waals surface area contributed by atoms with Gasteiger partial charge in [0.1, 0.15) is 0 Å². The van der Waals surface area contributed by atoms with Gasteiger partial charge in [0.15, 0.2) is 0 Å². The van der Waals surface area contributed by atoms with Gasteiger partial charge < -0.3 is 19.3 Å². The van der Waals surface area contributed by atoms with Crippen molar-refractivity contribution in [1.82, 2.24) is 0 Å². The second kappa shape index (κ2) is 7.42. The van der Waals surface area contributed by atoms with Crippen molar-refractivity contribution in [3.63, 3.8) is 0 Å². The Morgan fingerprint density at radius 3 is 2.30 bits per heavy atom. The summed E-state index contributed by atoms with van der Waals surface area (Å²) in [5.41, 5.74) is 0.725. The molecule has 0 aliphatic carbocycles. The van der Waals surface area contributed by atoms with E-state index >= 15 is 0 Å². The van der Waals surface area contributed by atoms with Gasteiger partial charge in [-0.15, -0.1) is 0 Å². The molecule has 0 bridgehead atoms. The van der Waals surface area contributed by atoms with Crippen molar-refractivity contribution in [2.75, 3.05) is 0 Å². The van der Waals surface area contributed by atoms with E-state index in [1.54, 1.807) is 31.2 Å². The first kappa shape index (κ1) is 18.9. The summed E-state index contributed by atoms with van der Waals surface area (Å²) in [6.07, 6.45) is -6.84. The Bertz CT molecular complexity index is 839. The number of rotatable bonds is 4. The third-order valence-corrected chi connectivity index (χ3v) is 4.05. The minimum Gasteiger partial charge on any atom is -0.445 e. The van der Waals surface area contributed by atoms with Gasteiger partial charge in [-0.2, -0.15) is 8.78 Å². The SMILES string of the molecule is Cc1ccccc1C(=O)O[C@H]1OC(O)C(F)(F)[C@@H]1OC(=O)c1ccccc1. The van der Waals surface area contributed by atoms with Gasteiger partial charge >= 0.3 is 17.9 Å². The van der Waals surface area contributed by atoms with Crippen molar-refractivity contribution in [2.24, 2.45) is 0 Å². The summed E-state index contributed by atoms with van der Waals surface area (Å²) >= 11 is 0. The molecule has 3 atom stereocenters. The van der Waals surface area contributed by atoms with Crippen molar-refractivity contribution in [3.05, 3.63) is 71.3 Å². The smallest absolute Gasteiger partial charge is 0.340 e. The minimum atomic E-state index is -3.96. The Labute approximate surface area is 153 Å². The molecule has 0 amide bonds. The molecule has 1 fully saturated rings. The Morgan fingerprint density at radius 1 is 1.00 bits per heavy atom. The number of hydrogen-bond acceptors (Lipinski definition) is 6. The number of aryl methyl sites for hydroxylation is 1. The van der Waals surface area contributed by atoms with Crippen molar-refractivity contribution in [3.8, 4) is 0 Å². The fourth-order valence-corrected chi connectivity index (χ4v) is 2.56. The quantitative estimate of drug-likeness (QED) is 0.824. The van der Waals surface area contributed by atoms with Crippen LogP contribution in [0.25, 0.3) is 0 Å². The van der Waals surface area contributed by atoms with Gasteiger partial charge in [-0.3, -0.25) is 0 Å². The van der Waals surface area contributed by atoms with Gasteiger partial charge in [0.2, 0.25) is 18.7 Å². The fourth-order valence-electron chi connectivity index (χ4n) is 2.56. The van der Waals surface area contributed by atoms with Crippen LogP contribution in [0.15, 0.2) is 54.6 Å². The molecule has 0 radical (unpaired) electrons. The number of aliphatic hydroxyl groups excluding tert-OH is 1. The zero-order valence-electron chi connectivity index (χ0n) is 14.2. The maximum atomic E-state index is 14.2. The van der Waals surface area contributed by atoms with Gasteiger partial charge in [0, 0.05) is 0 Å². The highest BCUT2D eigenvalue weighted by Crippen LogP contribution is 2.38. The summed E-state index contributed by atoms with van der Waals surface area (Å²) in [7, 11) is 0. The zero-order chi connectivity index (χ0) is 19.6. The third-order valence-electron chi connectivity index (χ3n) is 4.05. The summed E-state index contributed by atoms with van der Waals surface area (Å²) in [6.45, 7) is 1.64. The van der Waals surface area contributed by atoms with Crippen LogP contribution in [0, 0.1) is 6.92 Å². The van der Waals surface area contributed by atoms with Crippen LogP contribution in [0.5, 0.6) is 0 Å². The van der Waals surface area contributed by atoms with Gasteiger partial charge in [0.05, 0.1) is 11.1 Å². The van der Waals surface area contributed by atoms with Gasteiger partial charge in [-0.05, 0) is 30.7 Å². The lowest BCUT2D eigenvalue weighted by Crippen LogP contribution is -2.44. The number of esters is 2. The first-order valence-corrected chi connectivity index (χ1v) is 8.04. The lowest BCUT2D eigenvalue weighted by Gasteiger charge is -2.22. The second-order valence-electron chi connectivity index (χ2n) is 5.94. The topological polar surface area (TPSA) is 82.1 Å². The van der Waals surface area contributed by atoms with Crippen LogP contribution < -0.4 is 0 Å². The molecular weight excluding hydrogens is 362 g/mol. The zero-order valence-corrected chi connectivity index (χ0v) is 14.2. The van der Waals surface area contributed by atoms with Crippen molar-refractivity contribution in [2.45, 2.75) is 31.5 Å². The summed E-state index contributed by atoms with van der Waals surface area (Å²) in [6, 6.07) is 13.8. The molecule has 8 heteroatoms. The summed E-state index contributed by atoms with van der Waals surface area (Å²) in [4.78, 5) is 24.4. The van der Waals surface area contributed by atoms with Crippen molar-refractivity contribution < 1.29 is 37.7 Å². The van der Waals surface area contributed by atoms with E-state index in [1.807, 2.05) is 0 Å². The number of carbonyl (C=O) groups excluding carboxylic acids is 2. The molecule has 0 aromatic heterocycles. The van der Waals surface area contributed by atoms with E-state index in [4.69, 9.17) is 9.47 Å². The van der Waals surface area contributed by atoms with E-state index in [1.165, 1.54) is 30.3 Å². The number of hydrogen-bond donors (Lipinski definition) is 1. The molecule has 3 rings (SSSR count). The number of aliphatic hydroxyl groups is 1. The highest BCUT2D eigenvalue weighted by molar-refractivity contribution is 5.91. The molecule has 1 aliphatic rings. The molecule has 1 aliphatic heterocycles. The van der Waals surface area contributed by atoms with Crippen LogP contribution >= 0.6 is 0 Å². The van der Waals surface area contributed by atoms with Gasteiger partial charge in [0.25, 0.3) is 0 Å². The number of carbonyl (C=O) groups is 2. The predicted octanol–water partition coefficient (Wildman–Crippen LogP) is 2.69. The molecule has 2 aromatic carbocycles. The van der Waals surface area contributed by atoms with Crippen molar-refractivity contribution >= 4 is 11.9 Å². The van der Waals surface area contributed by atoms with E-state index in [9.17, 15) is 23.5 Å². The normalized spacial score (nSPS) is 23.6. The van der Waals surface area contributed by atoms with Crippen molar-refractivity contribution in [1.29, 1.82) is 0 Å². The van der Waals surface area contributed by atoms with E-state index in [0.29, 0.717) is 5.56 Å². The molecular formula is C19H16F2O6. The maximum absolute atomic E-state index is 14.2. The van der Waals surface area contributed by atoms with Crippen LogP contribution in [-0.4, -0.2) is 41.7 Å². The van der Waals surface area contributed by atoms with E-state index in [0.717, 1.165) is 0 Å². The van der Waals surface area contributed by atoms with Gasteiger partial charge in [-0.25, -0.2) is 9.59 Å². The van der Waals surface area contributed by atoms with Gasteiger partial charge in [-0.1, -0.05) is 36.4 Å². The molecule has 1 heterocycles. The number of alkyl halides is 2. The fraction of sp³-hybridized carbons (Fsp3) is 0.263. The first-order valence-electron chi connectivity index (χ1n) is 8.04. The molecule has 2 aromatic rings. The number of benzene rings is 2. The van der Waals surface area contributed by atoms with E-state index in [2.05, 4.69) is 4.74 Å².